The van der Waals surface area contributed by atoms with E-state index in [1.807, 2.05) is 30.3 Å². The molecule has 1 aromatic heterocycles. The lowest BCUT2D eigenvalue weighted by molar-refractivity contribution is 0.553. The van der Waals surface area contributed by atoms with Crippen molar-refractivity contribution in [3.63, 3.8) is 0 Å². The first-order chi connectivity index (χ1) is 9.00. The van der Waals surface area contributed by atoms with E-state index in [0.29, 0.717) is 0 Å². The minimum Gasteiger partial charge on any atom is -0.323 e. The summed E-state index contributed by atoms with van der Waals surface area (Å²) < 4.78 is 27.6. The Hall–Kier alpha value is -1.77. The third kappa shape index (κ3) is 3.16. The van der Waals surface area contributed by atoms with Crippen LogP contribution in [0.2, 0.25) is 0 Å². The van der Waals surface area contributed by atoms with Crippen LogP contribution in [0.1, 0.15) is 11.6 Å². The molecular formula is C11H15N5O2S. The Kier molecular flexibility index (Phi) is 3.93. The Balaban J connectivity index is 2.05. The van der Waals surface area contributed by atoms with Gasteiger partial charge in [0.1, 0.15) is 0 Å². The Morgan fingerprint density at radius 2 is 2.05 bits per heavy atom. The van der Waals surface area contributed by atoms with Gasteiger partial charge in [-0.05, 0) is 5.56 Å². The first kappa shape index (κ1) is 13.7. The molecule has 8 heteroatoms. The van der Waals surface area contributed by atoms with Gasteiger partial charge >= 0.3 is 0 Å². The number of benzene rings is 1. The van der Waals surface area contributed by atoms with Gasteiger partial charge in [-0.1, -0.05) is 35.5 Å². The molecule has 1 heterocycles. The summed E-state index contributed by atoms with van der Waals surface area (Å²) in [7, 11) is -2.13. The topological polar surface area (TPSA) is 103 Å². The van der Waals surface area contributed by atoms with E-state index in [-0.39, 0.29) is 11.6 Å². The van der Waals surface area contributed by atoms with Crippen LogP contribution in [-0.2, 0) is 17.1 Å². The molecule has 102 valence electrons. The van der Waals surface area contributed by atoms with E-state index >= 15 is 0 Å². The maximum atomic E-state index is 12.0. The number of sulfonamides is 1. The van der Waals surface area contributed by atoms with Crippen molar-refractivity contribution in [3.05, 3.63) is 42.1 Å². The molecule has 1 aromatic carbocycles. The molecule has 2 rings (SSSR count). The van der Waals surface area contributed by atoms with Gasteiger partial charge in [0.2, 0.25) is 0 Å². The standard InChI is InChI=1S/C11H15N5O2S/c1-16-11(8-13-15-16)19(17,18)14-7-10(12)9-5-3-2-4-6-9/h2-6,8,10,14H,7,12H2,1H3. The minimum atomic E-state index is -3.64. The molecule has 0 bridgehead atoms. The molecule has 19 heavy (non-hydrogen) atoms. The van der Waals surface area contributed by atoms with Crippen molar-refractivity contribution in [2.45, 2.75) is 11.1 Å². The van der Waals surface area contributed by atoms with Crippen LogP contribution in [0, 0.1) is 0 Å². The van der Waals surface area contributed by atoms with Crippen molar-refractivity contribution in [1.29, 1.82) is 0 Å². The quantitative estimate of drug-likeness (QED) is 0.789. The van der Waals surface area contributed by atoms with Crippen LogP contribution < -0.4 is 10.5 Å². The van der Waals surface area contributed by atoms with Crippen molar-refractivity contribution in [2.24, 2.45) is 12.8 Å². The van der Waals surface area contributed by atoms with E-state index in [2.05, 4.69) is 15.0 Å². The molecule has 0 spiro atoms. The van der Waals surface area contributed by atoms with Gasteiger partial charge in [-0.25, -0.2) is 17.8 Å². The number of hydrogen-bond acceptors (Lipinski definition) is 5. The number of nitrogens with zero attached hydrogens (tertiary/aromatic N) is 3. The zero-order valence-electron chi connectivity index (χ0n) is 10.4. The van der Waals surface area contributed by atoms with E-state index < -0.39 is 16.1 Å². The fourth-order valence-electron chi connectivity index (χ4n) is 1.62. The maximum Gasteiger partial charge on any atom is 0.259 e. The van der Waals surface area contributed by atoms with Gasteiger partial charge in [0.15, 0.2) is 5.03 Å². The van der Waals surface area contributed by atoms with Crippen LogP contribution in [-0.4, -0.2) is 30.0 Å². The summed E-state index contributed by atoms with van der Waals surface area (Å²) in [6.45, 7) is 0.109. The smallest absolute Gasteiger partial charge is 0.259 e. The number of hydrogen-bond donors (Lipinski definition) is 2. The first-order valence-electron chi connectivity index (χ1n) is 5.65. The largest absolute Gasteiger partial charge is 0.323 e. The van der Waals surface area contributed by atoms with Gasteiger partial charge < -0.3 is 5.73 Å². The van der Waals surface area contributed by atoms with E-state index in [9.17, 15) is 8.42 Å². The summed E-state index contributed by atoms with van der Waals surface area (Å²) in [6, 6.07) is 8.89. The number of aromatic nitrogens is 3. The van der Waals surface area contributed by atoms with Crippen molar-refractivity contribution in [1.82, 2.24) is 19.7 Å². The highest BCUT2D eigenvalue weighted by Gasteiger charge is 2.19. The fraction of sp³-hybridized carbons (Fsp3) is 0.273. The lowest BCUT2D eigenvalue weighted by Crippen LogP contribution is -2.32. The van der Waals surface area contributed by atoms with Gasteiger partial charge in [0.25, 0.3) is 10.0 Å². The molecule has 1 atom stereocenters. The maximum absolute atomic E-state index is 12.0. The molecule has 0 aliphatic heterocycles. The minimum absolute atomic E-state index is 0.00719. The lowest BCUT2D eigenvalue weighted by atomic mass is 10.1. The van der Waals surface area contributed by atoms with Crippen molar-refractivity contribution < 1.29 is 8.42 Å². The molecule has 0 saturated heterocycles. The Morgan fingerprint density at radius 1 is 1.37 bits per heavy atom. The van der Waals surface area contributed by atoms with Gasteiger partial charge in [0, 0.05) is 19.6 Å². The molecular weight excluding hydrogens is 266 g/mol. The molecule has 3 N–H and O–H groups in total. The monoisotopic (exact) mass is 281 g/mol. The van der Waals surface area contributed by atoms with Crippen LogP contribution in [0.4, 0.5) is 0 Å². The number of nitrogens with two attached hydrogens (primary N) is 1. The second-order valence-electron chi connectivity index (χ2n) is 4.06. The number of rotatable bonds is 5. The Labute approximate surface area is 111 Å². The second-order valence-corrected chi connectivity index (χ2v) is 5.78. The van der Waals surface area contributed by atoms with Crippen LogP contribution >= 0.6 is 0 Å². The normalized spacial score (nSPS) is 13.4. The summed E-state index contributed by atoms with van der Waals surface area (Å²) in [6.07, 6.45) is 1.19. The number of aryl methyl sites for hydroxylation is 1. The highest BCUT2D eigenvalue weighted by molar-refractivity contribution is 7.89. The fourth-order valence-corrected chi connectivity index (χ4v) is 2.73. The highest BCUT2D eigenvalue weighted by atomic mass is 32.2. The van der Waals surface area contributed by atoms with Gasteiger partial charge in [-0.15, -0.1) is 5.10 Å². The zero-order chi connectivity index (χ0) is 13.9. The molecule has 7 nitrogen and oxygen atoms in total. The summed E-state index contributed by atoms with van der Waals surface area (Å²) in [4.78, 5) is 0. The first-order valence-corrected chi connectivity index (χ1v) is 7.14. The van der Waals surface area contributed by atoms with Crippen molar-refractivity contribution in [3.8, 4) is 0 Å². The molecule has 0 fully saturated rings. The van der Waals surface area contributed by atoms with E-state index in [1.54, 1.807) is 0 Å². The average Bonchev–Trinajstić information content (AvgIpc) is 2.84. The van der Waals surface area contributed by atoms with Crippen molar-refractivity contribution in [2.75, 3.05) is 6.54 Å². The summed E-state index contributed by atoms with van der Waals surface area (Å²) in [5, 5.41) is 7.13. The van der Waals surface area contributed by atoms with E-state index in [4.69, 9.17) is 5.73 Å². The Bertz CT molecular complexity index is 638. The molecule has 0 saturated carbocycles. The molecule has 0 aliphatic rings. The van der Waals surface area contributed by atoms with Crippen LogP contribution in [0.25, 0.3) is 0 Å². The summed E-state index contributed by atoms with van der Waals surface area (Å²) in [5.74, 6) is 0. The van der Waals surface area contributed by atoms with Crippen molar-refractivity contribution >= 4 is 10.0 Å². The van der Waals surface area contributed by atoms with Gasteiger partial charge in [-0.2, -0.15) is 0 Å². The second kappa shape index (κ2) is 5.47. The average molecular weight is 281 g/mol. The third-order valence-electron chi connectivity index (χ3n) is 2.67. The van der Waals surface area contributed by atoms with Crippen LogP contribution in [0.15, 0.2) is 41.6 Å². The predicted octanol–water partition coefficient (Wildman–Crippen LogP) is -0.207. The molecule has 0 amide bonds. The zero-order valence-corrected chi connectivity index (χ0v) is 11.2. The third-order valence-corrected chi connectivity index (χ3v) is 4.14. The molecule has 1 unspecified atom stereocenters. The van der Waals surface area contributed by atoms with Crippen LogP contribution in [0.3, 0.4) is 0 Å². The number of nitrogens with one attached hydrogen (secondary N) is 1. The van der Waals surface area contributed by atoms with Gasteiger partial charge in [-0.3, -0.25) is 0 Å². The molecule has 2 aromatic rings. The Morgan fingerprint density at radius 3 is 2.63 bits per heavy atom. The predicted molar refractivity (Wildman–Crippen MR) is 69.6 cm³/mol. The lowest BCUT2D eigenvalue weighted by Gasteiger charge is -2.13. The molecule has 0 aliphatic carbocycles. The summed E-state index contributed by atoms with van der Waals surface area (Å²) >= 11 is 0. The van der Waals surface area contributed by atoms with Gasteiger partial charge in [0.05, 0.1) is 6.20 Å². The van der Waals surface area contributed by atoms with E-state index in [0.717, 1.165) is 5.56 Å². The molecule has 0 radical (unpaired) electrons. The highest BCUT2D eigenvalue weighted by Crippen LogP contribution is 2.10. The van der Waals surface area contributed by atoms with E-state index in [1.165, 1.54) is 17.9 Å². The SMILES string of the molecule is Cn1nncc1S(=O)(=O)NCC(N)c1ccccc1. The summed E-state index contributed by atoms with van der Waals surface area (Å²) in [5.41, 5.74) is 6.80. The van der Waals surface area contributed by atoms with Crippen LogP contribution in [0.5, 0.6) is 0 Å².